The standard InChI is InChI=1S/C17H14F3N5O/c1-2-7-25-14(15(22)26)13(21)12-10(17(18,19)20)8-11(24-16(12)25)9-3-5-23-6-4-9/h2-6,8H,1,7,21H2,(H2,22,26). The highest BCUT2D eigenvalue weighted by atomic mass is 19.4. The summed E-state index contributed by atoms with van der Waals surface area (Å²) in [6, 6.07) is 3.97. The van der Waals surface area contributed by atoms with Crippen LogP contribution < -0.4 is 11.5 Å². The van der Waals surface area contributed by atoms with Crippen molar-refractivity contribution in [2.75, 3.05) is 5.73 Å². The van der Waals surface area contributed by atoms with Crippen LogP contribution in [0.5, 0.6) is 0 Å². The lowest BCUT2D eigenvalue weighted by molar-refractivity contribution is -0.136. The molecule has 0 atom stereocenters. The first-order chi connectivity index (χ1) is 12.3. The van der Waals surface area contributed by atoms with Gasteiger partial charge in [0, 0.05) is 24.5 Å². The summed E-state index contributed by atoms with van der Waals surface area (Å²) < 4.78 is 42.3. The van der Waals surface area contributed by atoms with Gasteiger partial charge < -0.3 is 16.0 Å². The molecule has 3 rings (SSSR count). The molecule has 0 aliphatic rings. The monoisotopic (exact) mass is 361 g/mol. The number of halogens is 3. The Morgan fingerprint density at radius 3 is 2.50 bits per heavy atom. The minimum atomic E-state index is -4.70. The summed E-state index contributed by atoms with van der Waals surface area (Å²) in [6.07, 6.45) is -0.396. The molecule has 0 aliphatic heterocycles. The van der Waals surface area contributed by atoms with Crippen molar-refractivity contribution < 1.29 is 18.0 Å². The van der Waals surface area contributed by atoms with Crippen LogP contribution >= 0.6 is 0 Å². The van der Waals surface area contributed by atoms with Crippen molar-refractivity contribution in [3.05, 3.63) is 54.5 Å². The van der Waals surface area contributed by atoms with Gasteiger partial charge in [0.1, 0.15) is 11.3 Å². The Bertz CT molecular complexity index is 1010. The topological polar surface area (TPSA) is 99.8 Å². The molecule has 1 amide bonds. The first-order valence-corrected chi connectivity index (χ1v) is 7.46. The molecule has 4 N–H and O–H groups in total. The molecule has 3 aromatic heterocycles. The van der Waals surface area contributed by atoms with E-state index in [1.807, 2.05) is 0 Å². The molecule has 0 fully saturated rings. The third-order valence-corrected chi connectivity index (χ3v) is 3.88. The molecular weight excluding hydrogens is 347 g/mol. The number of aromatic nitrogens is 3. The van der Waals surface area contributed by atoms with Crippen LogP contribution in [0.15, 0.2) is 43.2 Å². The zero-order valence-electron chi connectivity index (χ0n) is 13.4. The maximum absolute atomic E-state index is 13.7. The van der Waals surface area contributed by atoms with Gasteiger partial charge in [-0.1, -0.05) is 6.08 Å². The molecule has 0 unspecified atom stereocenters. The van der Waals surface area contributed by atoms with E-state index in [2.05, 4.69) is 16.5 Å². The number of pyridine rings is 2. The van der Waals surface area contributed by atoms with Crippen molar-refractivity contribution in [1.29, 1.82) is 0 Å². The lowest BCUT2D eigenvalue weighted by atomic mass is 10.1. The zero-order chi connectivity index (χ0) is 19.1. The number of carbonyl (C=O) groups excluding carboxylic acids is 1. The van der Waals surface area contributed by atoms with Gasteiger partial charge in [-0.05, 0) is 18.2 Å². The lowest BCUT2D eigenvalue weighted by Crippen LogP contribution is -2.18. The van der Waals surface area contributed by atoms with Gasteiger partial charge in [0.25, 0.3) is 5.91 Å². The molecule has 0 radical (unpaired) electrons. The fraction of sp³-hybridized carbons (Fsp3) is 0.118. The van der Waals surface area contributed by atoms with Crippen molar-refractivity contribution in [2.45, 2.75) is 12.7 Å². The fourth-order valence-electron chi connectivity index (χ4n) is 2.83. The Hall–Kier alpha value is -3.36. The highest BCUT2D eigenvalue weighted by molar-refractivity contribution is 6.08. The molecule has 3 heterocycles. The fourth-order valence-corrected chi connectivity index (χ4v) is 2.83. The van der Waals surface area contributed by atoms with E-state index in [0.29, 0.717) is 5.56 Å². The number of nitrogens with zero attached hydrogens (tertiary/aromatic N) is 3. The summed E-state index contributed by atoms with van der Waals surface area (Å²) in [5.41, 5.74) is 10.0. The molecule has 0 spiro atoms. The molecule has 0 saturated carbocycles. The summed E-state index contributed by atoms with van der Waals surface area (Å²) in [5.74, 6) is -0.944. The summed E-state index contributed by atoms with van der Waals surface area (Å²) in [5, 5.41) is -0.356. The average Bonchev–Trinajstić information content (AvgIpc) is 2.87. The third-order valence-electron chi connectivity index (χ3n) is 3.88. The quantitative estimate of drug-likeness (QED) is 0.698. The van der Waals surface area contributed by atoms with E-state index in [1.54, 1.807) is 0 Å². The van der Waals surface area contributed by atoms with Crippen LogP contribution in [-0.2, 0) is 12.7 Å². The first kappa shape index (κ1) is 17.5. The summed E-state index contributed by atoms with van der Waals surface area (Å²) in [6.45, 7) is 3.58. The van der Waals surface area contributed by atoms with Gasteiger partial charge in [0.2, 0.25) is 0 Å². The van der Waals surface area contributed by atoms with Crippen LogP contribution in [-0.4, -0.2) is 20.4 Å². The van der Waals surface area contributed by atoms with E-state index in [0.717, 1.165) is 6.07 Å². The molecule has 0 saturated heterocycles. The predicted octanol–water partition coefficient (Wildman–Crippen LogP) is 2.98. The molecule has 0 aromatic carbocycles. The van der Waals surface area contributed by atoms with Crippen LogP contribution in [0.1, 0.15) is 16.1 Å². The number of carbonyl (C=O) groups is 1. The molecule has 9 heteroatoms. The van der Waals surface area contributed by atoms with E-state index in [4.69, 9.17) is 11.5 Å². The molecule has 0 aliphatic carbocycles. The van der Waals surface area contributed by atoms with Gasteiger partial charge in [0.15, 0.2) is 0 Å². The normalized spacial score (nSPS) is 11.7. The van der Waals surface area contributed by atoms with Crippen molar-refractivity contribution >= 4 is 22.6 Å². The number of anilines is 1. The van der Waals surface area contributed by atoms with Crippen LogP contribution in [0.25, 0.3) is 22.3 Å². The number of nitrogens with two attached hydrogens (primary N) is 2. The van der Waals surface area contributed by atoms with E-state index in [-0.39, 0.29) is 34.7 Å². The smallest absolute Gasteiger partial charge is 0.396 e. The Kier molecular flexibility index (Phi) is 4.15. The van der Waals surface area contributed by atoms with Crippen molar-refractivity contribution in [1.82, 2.24) is 14.5 Å². The van der Waals surface area contributed by atoms with Gasteiger partial charge in [-0.2, -0.15) is 13.2 Å². The largest absolute Gasteiger partial charge is 0.417 e. The van der Waals surface area contributed by atoms with Crippen molar-refractivity contribution in [2.24, 2.45) is 5.73 Å². The molecule has 6 nitrogen and oxygen atoms in total. The number of nitrogen functional groups attached to an aromatic ring is 1. The average molecular weight is 361 g/mol. The number of alkyl halides is 3. The van der Waals surface area contributed by atoms with E-state index in [1.165, 1.54) is 35.2 Å². The third kappa shape index (κ3) is 2.77. The first-order valence-electron chi connectivity index (χ1n) is 7.46. The second-order valence-corrected chi connectivity index (χ2v) is 5.51. The minimum Gasteiger partial charge on any atom is -0.396 e. The van der Waals surface area contributed by atoms with Gasteiger partial charge in [-0.15, -0.1) is 6.58 Å². The number of fused-ring (bicyclic) bond motifs is 1. The number of primary amides is 1. The van der Waals surface area contributed by atoms with E-state index < -0.39 is 17.6 Å². The number of allylic oxidation sites excluding steroid dienone is 1. The molecule has 26 heavy (non-hydrogen) atoms. The van der Waals surface area contributed by atoms with Crippen molar-refractivity contribution in [3.8, 4) is 11.3 Å². The number of hydrogen-bond acceptors (Lipinski definition) is 4. The number of amides is 1. The highest BCUT2D eigenvalue weighted by Gasteiger charge is 2.37. The van der Waals surface area contributed by atoms with E-state index >= 15 is 0 Å². The molecule has 3 aromatic rings. The highest BCUT2D eigenvalue weighted by Crippen LogP contribution is 2.41. The SMILES string of the molecule is C=CCn1c(C(N)=O)c(N)c2c(C(F)(F)F)cc(-c3ccncc3)nc21. The van der Waals surface area contributed by atoms with Crippen LogP contribution in [0.4, 0.5) is 18.9 Å². The minimum absolute atomic E-state index is 0.0239. The second kappa shape index (κ2) is 6.17. The van der Waals surface area contributed by atoms with Gasteiger partial charge >= 0.3 is 6.18 Å². The van der Waals surface area contributed by atoms with Crippen LogP contribution in [0, 0.1) is 0 Å². The maximum Gasteiger partial charge on any atom is 0.417 e. The van der Waals surface area contributed by atoms with Gasteiger partial charge in [0.05, 0.1) is 22.3 Å². The summed E-state index contributed by atoms with van der Waals surface area (Å²) >= 11 is 0. The molecule has 0 bridgehead atoms. The Morgan fingerprint density at radius 1 is 1.31 bits per heavy atom. The Balaban J connectivity index is 2.48. The van der Waals surface area contributed by atoms with Crippen LogP contribution in [0.3, 0.4) is 0 Å². The van der Waals surface area contributed by atoms with E-state index in [9.17, 15) is 18.0 Å². The van der Waals surface area contributed by atoms with Crippen LogP contribution in [0.2, 0.25) is 0 Å². The summed E-state index contributed by atoms with van der Waals surface area (Å²) in [4.78, 5) is 19.9. The number of rotatable bonds is 4. The van der Waals surface area contributed by atoms with Gasteiger partial charge in [-0.25, -0.2) is 4.98 Å². The zero-order valence-corrected chi connectivity index (χ0v) is 13.4. The molecule has 134 valence electrons. The molecular formula is C17H14F3N5O. The Morgan fingerprint density at radius 2 is 1.96 bits per heavy atom. The predicted molar refractivity (Wildman–Crippen MR) is 91.1 cm³/mol. The van der Waals surface area contributed by atoms with Gasteiger partial charge in [-0.3, -0.25) is 9.78 Å². The maximum atomic E-state index is 13.7. The summed E-state index contributed by atoms with van der Waals surface area (Å²) in [7, 11) is 0. The second-order valence-electron chi connectivity index (χ2n) is 5.51. The lowest BCUT2D eigenvalue weighted by Gasteiger charge is -2.12. The van der Waals surface area contributed by atoms with Crippen molar-refractivity contribution in [3.63, 3.8) is 0 Å². The number of hydrogen-bond donors (Lipinski definition) is 2. The Labute approximate surface area is 146 Å².